The molecule has 0 saturated heterocycles. The Balaban J connectivity index is 3.03. The van der Waals surface area contributed by atoms with Crippen molar-refractivity contribution in [1.82, 2.24) is 0 Å². The Bertz CT molecular complexity index is 129. The highest BCUT2D eigenvalue weighted by Crippen LogP contribution is 2.10. The largest absolute Gasteiger partial charge is 0.381 e. The molecule has 1 nitrogen and oxygen atoms in total. The highest BCUT2D eigenvalue weighted by atomic mass is 16.5. The third-order valence-electron chi connectivity index (χ3n) is 3.65. The van der Waals surface area contributed by atoms with Gasteiger partial charge in [-0.2, -0.15) is 0 Å². The zero-order valence-corrected chi connectivity index (χ0v) is 12.5. The molecular weight excluding hydrogens is 208 g/mol. The lowest BCUT2D eigenvalue weighted by molar-refractivity contribution is 0.0932. The molecule has 104 valence electrons. The Kier molecular flexibility index (Phi) is 14.0. The maximum atomic E-state index is 5.72. The zero-order valence-electron chi connectivity index (χ0n) is 12.5. The molecule has 0 aromatic rings. The van der Waals surface area contributed by atoms with E-state index in [4.69, 9.17) is 4.74 Å². The van der Waals surface area contributed by atoms with Crippen molar-refractivity contribution in [2.75, 3.05) is 13.2 Å². The van der Waals surface area contributed by atoms with E-state index >= 15 is 0 Å². The van der Waals surface area contributed by atoms with Crippen LogP contribution in [0.2, 0.25) is 0 Å². The summed E-state index contributed by atoms with van der Waals surface area (Å²) in [5.41, 5.74) is 0. The van der Waals surface area contributed by atoms with Gasteiger partial charge in [0.2, 0.25) is 0 Å². The predicted molar refractivity (Wildman–Crippen MR) is 77.5 cm³/mol. The molecule has 0 saturated carbocycles. The van der Waals surface area contributed by atoms with Gasteiger partial charge in [-0.1, -0.05) is 78.6 Å². The van der Waals surface area contributed by atoms with Crippen LogP contribution in [0, 0.1) is 5.92 Å². The Morgan fingerprint density at radius 1 is 0.706 bits per heavy atom. The van der Waals surface area contributed by atoms with Crippen LogP contribution in [0.25, 0.3) is 0 Å². The number of unbranched alkanes of at least 4 members (excludes halogenated alkanes) is 7. The van der Waals surface area contributed by atoms with E-state index < -0.39 is 0 Å². The van der Waals surface area contributed by atoms with Crippen molar-refractivity contribution in [2.45, 2.75) is 85.0 Å². The first-order chi connectivity index (χ1) is 8.35. The summed E-state index contributed by atoms with van der Waals surface area (Å²) in [6, 6.07) is 0. The number of hydrogen-bond donors (Lipinski definition) is 0. The molecule has 1 heteroatoms. The number of hydrogen-bond acceptors (Lipinski definition) is 1. The van der Waals surface area contributed by atoms with Gasteiger partial charge in [0.25, 0.3) is 0 Å². The minimum atomic E-state index is 0.782. The Labute approximate surface area is 109 Å². The Morgan fingerprint density at radius 3 is 1.76 bits per heavy atom. The molecule has 0 aromatic carbocycles. The highest BCUT2D eigenvalue weighted by Gasteiger charge is 2.02. The Morgan fingerprint density at radius 2 is 1.24 bits per heavy atom. The molecule has 0 heterocycles. The van der Waals surface area contributed by atoms with E-state index in [-0.39, 0.29) is 0 Å². The molecule has 0 spiro atoms. The van der Waals surface area contributed by atoms with Crippen LogP contribution >= 0.6 is 0 Å². The second kappa shape index (κ2) is 14.0. The summed E-state index contributed by atoms with van der Waals surface area (Å²) in [5, 5.41) is 0. The van der Waals surface area contributed by atoms with E-state index in [2.05, 4.69) is 20.8 Å². The SMILES string of the molecule is CCCCCCCCCCOCC(CC)CC. The van der Waals surface area contributed by atoms with Gasteiger partial charge in [-0.3, -0.25) is 0 Å². The van der Waals surface area contributed by atoms with Crippen molar-refractivity contribution in [2.24, 2.45) is 5.92 Å². The first-order valence-electron chi connectivity index (χ1n) is 7.92. The molecule has 0 atom stereocenters. The van der Waals surface area contributed by atoms with Gasteiger partial charge in [0.15, 0.2) is 0 Å². The third-order valence-corrected chi connectivity index (χ3v) is 3.65. The summed E-state index contributed by atoms with van der Waals surface area (Å²) in [7, 11) is 0. The first-order valence-corrected chi connectivity index (χ1v) is 7.92. The molecule has 0 rings (SSSR count). The lowest BCUT2D eigenvalue weighted by Crippen LogP contribution is -2.08. The standard InChI is InChI=1S/C16H34O/c1-4-7-8-9-10-11-12-13-14-17-15-16(5-2)6-3/h16H,4-15H2,1-3H3. The van der Waals surface area contributed by atoms with Crippen molar-refractivity contribution in [3.63, 3.8) is 0 Å². The molecule has 0 aliphatic heterocycles. The lowest BCUT2D eigenvalue weighted by Gasteiger charge is -2.12. The minimum Gasteiger partial charge on any atom is -0.381 e. The smallest absolute Gasteiger partial charge is 0.0494 e. The van der Waals surface area contributed by atoms with Crippen LogP contribution in [0.3, 0.4) is 0 Å². The summed E-state index contributed by atoms with van der Waals surface area (Å²) in [6.45, 7) is 8.74. The quantitative estimate of drug-likeness (QED) is 0.383. The fraction of sp³-hybridized carbons (Fsp3) is 1.00. The fourth-order valence-corrected chi connectivity index (χ4v) is 2.11. The fourth-order valence-electron chi connectivity index (χ4n) is 2.11. The van der Waals surface area contributed by atoms with Crippen molar-refractivity contribution in [1.29, 1.82) is 0 Å². The van der Waals surface area contributed by atoms with Gasteiger partial charge in [-0.15, -0.1) is 0 Å². The van der Waals surface area contributed by atoms with Gasteiger partial charge in [-0.25, -0.2) is 0 Å². The van der Waals surface area contributed by atoms with Crippen LogP contribution in [-0.2, 0) is 4.74 Å². The molecule has 0 amide bonds. The Hall–Kier alpha value is -0.0400. The van der Waals surface area contributed by atoms with Gasteiger partial charge in [0.05, 0.1) is 0 Å². The summed E-state index contributed by atoms with van der Waals surface area (Å²) < 4.78 is 5.72. The average molecular weight is 242 g/mol. The van der Waals surface area contributed by atoms with E-state index in [1.165, 1.54) is 64.2 Å². The predicted octanol–water partition coefficient (Wildman–Crippen LogP) is 5.58. The van der Waals surface area contributed by atoms with Gasteiger partial charge in [-0.05, 0) is 12.3 Å². The van der Waals surface area contributed by atoms with Crippen molar-refractivity contribution >= 4 is 0 Å². The molecule has 0 bridgehead atoms. The molecule has 0 fully saturated rings. The minimum absolute atomic E-state index is 0.782. The summed E-state index contributed by atoms with van der Waals surface area (Å²) >= 11 is 0. The van der Waals surface area contributed by atoms with Gasteiger partial charge in [0.1, 0.15) is 0 Å². The monoisotopic (exact) mass is 242 g/mol. The van der Waals surface area contributed by atoms with Crippen molar-refractivity contribution in [3.05, 3.63) is 0 Å². The van der Waals surface area contributed by atoms with Crippen molar-refractivity contribution in [3.8, 4) is 0 Å². The maximum absolute atomic E-state index is 5.72. The van der Waals surface area contributed by atoms with E-state index in [1.54, 1.807) is 0 Å². The van der Waals surface area contributed by atoms with Crippen LogP contribution in [0.15, 0.2) is 0 Å². The van der Waals surface area contributed by atoms with Gasteiger partial charge in [0, 0.05) is 13.2 Å². The third kappa shape index (κ3) is 12.2. The maximum Gasteiger partial charge on any atom is 0.0494 e. The summed E-state index contributed by atoms with van der Waals surface area (Å²) in [4.78, 5) is 0. The van der Waals surface area contributed by atoms with Crippen molar-refractivity contribution < 1.29 is 4.74 Å². The molecule has 0 N–H and O–H groups in total. The topological polar surface area (TPSA) is 9.23 Å². The molecule has 0 radical (unpaired) electrons. The highest BCUT2D eigenvalue weighted by molar-refractivity contribution is 4.52. The molecule has 0 aromatic heterocycles. The van der Waals surface area contributed by atoms with Crippen LogP contribution in [0.4, 0.5) is 0 Å². The van der Waals surface area contributed by atoms with Gasteiger partial charge < -0.3 is 4.74 Å². The first kappa shape index (κ1) is 17.0. The van der Waals surface area contributed by atoms with E-state index in [0.29, 0.717) is 0 Å². The molecule has 0 aliphatic rings. The van der Waals surface area contributed by atoms with E-state index in [1.807, 2.05) is 0 Å². The normalized spacial score (nSPS) is 11.3. The average Bonchev–Trinajstić information content (AvgIpc) is 2.36. The van der Waals surface area contributed by atoms with E-state index in [9.17, 15) is 0 Å². The van der Waals surface area contributed by atoms with Crippen LogP contribution in [-0.4, -0.2) is 13.2 Å². The number of rotatable bonds is 13. The summed E-state index contributed by atoms with van der Waals surface area (Å²) in [5.74, 6) is 0.782. The lowest BCUT2D eigenvalue weighted by atomic mass is 10.1. The van der Waals surface area contributed by atoms with E-state index in [0.717, 1.165) is 19.1 Å². The summed E-state index contributed by atoms with van der Waals surface area (Å²) in [6.07, 6.45) is 13.6. The second-order valence-electron chi connectivity index (χ2n) is 5.23. The molecular formula is C16H34O. The molecule has 0 aliphatic carbocycles. The van der Waals surface area contributed by atoms with Crippen LogP contribution in [0.5, 0.6) is 0 Å². The second-order valence-corrected chi connectivity index (χ2v) is 5.23. The molecule has 17 heavy (non-hydrogen) atoms. The van der Waals surface area contributed by atoms with Gasteiger partial charge >= 0.3 is 0 Å². The van der Waals surface area contributed by atoms with Crippen LogP contribution in [0.1, 0.15) is 85.0 Å². The van der Waals surface area contributed by atoms with Crippen LogP contribution < -0.4 is 0 Å². The number of ether oxygens (including phenoxy) is 1. The zero-order chi connectivity index (χ0) is 12.8. The molecule has 0 unspecified atom stereocenters.